The van der Waals surface area contributed by atoms with Gasteiger partial charge in [0.05, 0.1) is 17.2 Å². The van der Waals surface area contributed by atoms with Gasteiger partial charge in [-0.15, -0.1) is 0 Å². The molecule has 1 rings (SSSR count). The van der Waals surface area contributed by atoms with Crippen molar-refractivity contribution in [2.75, 3.05) is 6.61 Å². The fraction of sp³-hybridized carbons (Fsp3) is 0.200. The van der Waals surface area contributed by atoms with Crippen molar-refractivity contribution in [2.24, 2.45) is 0 Å². The number of aliphatic hydroxyl groups excluding tert-OH is 1. The standard InChI is InChI=1S/C10H7ClF4O/c11-8-4-3-7(10(13,14)15)6(9(8)12)2-1-5-16/h1-4,16H,5H2. The number of hydrogen-bond acceptors (Lipinski definition) is 1. The summed E-state index contributed by atoms with van der Waals surface area (Å²) in [5.41, 5.74) is -1.80. The molecule has 1 nitrogen and oxygen atoms in total. The Hall–Kier alpha value is -1.07. The number of benzene rings is 1. The van der Waals surface area contributed by atoms with E-state index < -0.39 is 34.7 Å². The molecule has 0 saturated heterocycles. The van der Waals surface area contributed by atoms with Gasteiger partial charge in [-0.25, -0.2) is 4.39 Å². The third-order valence-corrected chi connectivity index (χ3v) is 2.12. The summed E-state index contributed by atoms with van der Waals surface area (Å²) in [6, 6.07) is 1.54. The van der Waals surface area contributed by atoms with Crippen molar-refractivity contribution < 1.29 is 22.7 Å². The van der Waals surface area contributed by atoms with E-state index in [1.54, 1.807) is 0 Å². The normalized spacial score (nSPS) is 12.4. The molecule has 0 atom stereocenters. The van der Waals surface area contributed by atoms with E-state index in [9.17, 15) is 17.6 Å². The van der Waals surface area contributed by atoms with Crippen molar-refractivity contribution in [3.05, 3.63) is 40.2 Å². The van der Waals surface area contributed by atoms with E-state index in [4.69, 9.17) is 16.7 Å². The van der Waals surface area contributed by atoms with Crippen molar-refractivity contribution in [1.29, 1.82) is 0 Å². The first-order chi connectivity index (χ1) is 7.38. The lowest BCUT2D eigenvalue weighted by Crippen LogP contribution is -2.09. The maximum atomic E-state index is 13.4. The topological polar surface area (TPSA) is 20.2 Å². The lowest BCUT2D eigenvalue weighted by atomic mass is 10.1. The molecule has 0 radical (unpaired) electrons. The average Bonchev–Trinajstić information content (AvgIpc) is 2.18. The highest BCUT2D eigenvalue weighted by Gasteiger charge is 2.34. The molecule has 0 aromatic heterocycles. The summed E-state index contributed by atoms with van der Waals surface area (Å²) < 4.78 is 50.8. The molecule has 1 aromatic carbocycles. The molecule has 0 spiro atoms. The highest BCUT2D eigenvalue weighted by Crippen LogP contribution is 2.35. The molecule has 16 heavy (non-hydrogen) atoms. The zero-order valence-corrected chi connectivity index (χ0v) is 8.61. The Morgan fingerprint density at radius 1 is 1.31 bits per heavy atom. The Labute approximate surface area is 94.0 Å². The van der Waals surface area contributed by atoms with Gasteiger partial charge in [0.25, 0.3) is 0 Å². The summed E-state index contributed by atoms with van der Waals surface area (Å²) in [7, 11) is 0. The molecule has 0 aliphatic carbocycles. The molecule has 0 bridgehead atoms. The maximum Gasteiger partial charge on any atom is 0.417 e. The van der Waals surface area contributed by atoms with Crippen LogP contribution in [0, 0.1) is 5.82 Å². The lowest BCUT2D eigenvalue weighted by Gasteiger charge is -2.11. The number of hydrogen-bond donors (Lipinski definition) is 1. The Bertz CT molecular complexity index is 412. The van der Waals surface area contributed by atoms with Gasteiger partial charge in [-0.3, -0.25) is 0 Å². The lowest BCUT2D eigenvalue weighted by molar-refractivity contribution is -0.137. The summed E-state index contributed by atoms with van der Waals surface area (Å²) in [4.78, 5) is 0. The van der Waals surface area contributed by atoms with Crippen LogP contribution in [0.4, 0.5) is 17.6 Å². The molecule has 0 aliphatic heterocycles. The van der Waals surface area contributed by atoms with E-state index >= 15 is 0 Å². The predicted molar refractivity (Wildman–Crippen MR) is 52.5 cm³/mol. The van der Waals surface area contributed by atoms with Crippen molar-refractivity contribution in [3.63, 3.8) is 0 Å². The van der Waals surface area contributed by atoms with Crippen molar-refractivity contribution in [2.45, 2.75) is 6.18 Å². The average molecular weight is 255 g/mol. The summed E-state index contributed by atoms with van der Waals surface area (Å²) in [5.74, 6) is -1.15. The van der Waals surface area contributed by atoms with Crippen LogP contribution in [0.25, 0.3) is 6.08 Å². The minimum absolute atomic E-state index is 0.398. The highest BCUT2D eigenvalue weighted by atomic mass is 35.5. The molecule has 0 unspecified atom stereocenters. The highest BCUT2D eigenvalue weighted by molar-refractivity contribution is 6.30. The summed E-state index contributed by atoms with van der Waals surface area (Å²) in [6.07, 6.45) is -2.81. The van der Waals surface area contributed by atoms with E-state index in [1.807, 2.05) is 0 Å². The Balaban J connectivity index is 3.39. The fourth-order valence-corrected chi connectivity index (χ4v) is 1.31. The molecule has 6 heteroatoms. The third kappa shape index (κ3) is 2.74. The number of halogens is 5. The molecule has 0 fully saturated rings. The number of aliphatic hydroxyl groups is 1. The molecule has 0 heterocycles. The Morgan fingerprint density at radius 2 is 1.94 bits per heavy atom. The van der Waals surface area contributed by atoms with Crippen LogP contribution in [0.5, 0.6) is 0 Å². The van der Waals surface area contributed by atoms with Gasteiger partial charge in [0.1, 0.15) is 5.82 Å². The molecule has 1 aromatic rings. The van der Waals surface area contributed by atoms with E-state index in [-0.39, 0.29) is 0 Å². The van der Waals surface area contributed by atoms with Crippen LogP contribution in [0.1, 0.15) is 11.1 Å². The van der Waals surface area contributed by atoms with Crippen molar-refractivity contribution in [3.8, 4) is 0 Å². The van der Waals surface area contributed by atoms with Crippen LogP contribution in [-0.2, 0) is 6.18 Å². The summed E-state index contributed by atoms with van der Waals surface area (Å²) >= 11 is 5.38. The molecule has 0 aliphatic rings. The zero-order valence-electron chi connectivity index (χ0n) is 7.85. The Morgan fingerprint density at radius 3 is 2.44 bits per heavy atom. The van der Waals surface area contributed by atoms with E-state index in [2.05, 4.69) is 0 Å². The maximum absolute atomic E-state index is 13.4. The van der Waals surface area contributed by atoms with E-state index in [1.165, 1.54) is 0 Å². The van der Waals surface area contributed by atoms with Crippen LogP contribution in [-0.4, -0.2) is 11.7 Å². The second kappa shape index (κ2) is 4.84. The third-order valence-electron chi connectivity index (χ3n) is 1.83. The second-order valence-electron chi connectivity index (χ2n) is 2.91. The minimum Gasteiger partial charge on any atom is -0.392 e. The van der Waals surface area contributed by atoms with Crippen molar-refractivity contribution >= 4 is 17.7 Å². The van der Waals surface area contributed by atoms with Gasteiger partial charge in [0, 0.05) is 5.56 Å². The second-order valence-corrected chi connectivity index (χ2v) is 3.31. The van der Waals surface area contributed by atoms with Crippen molar-refractivity contribution in [1.82, 2.24) is 0 Å². The first kappa shape index (κ1) is 13.0. The van der Waals surface area contributed by atoms with Gasteiger partial charge in [0.15, 0.2) is 0 Å². The molecular weight excluding hydrogens is 248 g/mol. The van der Waals surface area contributed by atoms with Crippen LogP contribution >= 0.6 is 11.6 Å². The predicted octanol–water partition coefficient (Wildman–Crippen LogP) is 3.50. The summed E-state index contributed by atoms with van der Waals surface area (Å²) in [5, 5.41) is 8.06. The first-order valence-corrected chi connectivity index (χ1v) is 4.58. The van der Waals surface area contributed by atoms with Gasteiger partial charge in [-0.05, 0) is 12.1 Å². The van der Waals surface area contributed by atoms with Gasteiger partial charge in [-0.2, -0.15) is 13.2 Å². The largest absolute Gasteiger partial charge is 0.417 e. The van der Waals surface area contributed by atoms with Gasteiger partial charge >= 0.3 is 6.18 Å². The van der Waals surface area contributed by atoms with E-state index in [0.29, 0.717) is 6.07 Å². The Kier molecular flexibility index (Phi) is 3.93. The molecular formula is C10H7ClF4O. The van der Waals surface area contributed by atoms with Crippen LogP contribution in [0.2, 0.25) is 5.02 Å². The minimum atomic E-state index is -4.67. The molecule has 1 N–H and O–H groups in total. The quantitative estimate of drug-likeness (QED) is 0.801. The van der Waals surface area contributed by atoms with Gasteiger partial charge in [-0.1, -0.05) is 23.8 Å². The monoisotopic (exact) mass is 254 g/mol. The van der Waals surface area contributed by atoms with Crippen LogP contribution in [0.15, 0.2) is 18.2 Å². The summed E-state index contributed by atoms with van der Waals surface area (Å²) in [6.45, 7) is -0.483. The van der Waals surface area contributed by atoms with Crippen LogP contribution in [0.3, 0.4) is 0 Å². The smallest absolute Gasteiger partial charge is 0.392 e. The van der Waals surface area contributed by atoms with Gasteiger partial charge in [0.2, 0.25) is 0 Å². The fourth-order valence-electron chi connectivity index (χ4n) is 1.15. The first-order valence-electron chi connectivity index (χ1n) is 4.20. The van der Waals surface area contributed by atoms with E-state index in [0.717, 1.165) is 18.2 Å². The number of alkyl halides is 3. The molecule has 0 amide bonds. The van der Waals surface area contributed by atoms with Crippen LogP contribution < -0.4 is 0 Å². The molecule has 88 valence electrons. The van der Waals surface area contributed by atoms with Gasteiger partial charge < -0.3 is 5.11 Å². The zero-order chi connectivity index (χ0) is 12.3. The SMILES string of the molecule is OCC=Cc1c(C(F)(F)F)ccc(Cl)c1F. The molecule has 0 saturated carbocycles. The number of rotatable bonds is 2.